The van der Waals surface area contributed by atoms with E-state index in [1.54, 1.807) is 0 Å². The standard InChI is InChI=1S/C8H7Cl2NO2/c1-13-7-5(8(11)12)2-4(9)3-6(7)10/h2-3H,1H3,(H2,11,12). The Morgan fingerprint density at radius 2 is 2.08 bits per heavy atom. The van der Waals surface area contributed by atoms with E-state index in [4.69, 9.17) is 33.7 Å². The summed E-state index contributed by atoms with van der Waals surface area (Å²) in [6.45, 7) is 0. The number of hydrogen-bond donors (Lipinski definition) is 1. The number of hydrogen-bond acceptors (Lipinski definition) is 2. The fraction of sp³-hybridized carbons (Fsp3) is 0.125. The van der Waals surface area contributed by atoms with Crippen LogP contribution in [-0.4, -0.2) is 13.0 Å². The molecular formula is C8H7Cl2NO2. The summed E-state index contributed by atoms with van der Waals surface area (Å²) in [5.74, 6) is -0.375. The van der Waals surface area contributed by atoms with Gasteiger partial charge in [0.25, 0.3) is 5.91 Å². The van der Waals surface area contributed by atoms with Crippen LogP contribution in [0.25, 0.3) is 0 Å². The predicted octanol–water partition coefficient (Wildman–Crippen LogP) is 2.10. The Hall–Kier alpha value is -0.930. The maximum absolute atomic E-state index is 10.9. The Morgan fingerprint density at radius 3 is 2.54 bits per heavy atom. The molecule has 0 heterocycles. The highest BCUT2D eigenvalue weighted by Crippen LogP contribution is 2.31. The first-order chi connectivity index (χ1) is 6.06. The van der Waals surface area contributed by atoms with Gasteiger partial charge in [-0.2, -0.15) is 0 Å². The Morgan fingerprint density at radius 1 is 1.46 bits per heavy atom. The van der Waals surface area contributed by atoms with E-state index in [1.165, 1.54) is 19.2 Å². The van der Waals surface area contributed by atoms with Crippen LogP contribution in [0.15, 0.2) is 12.1 Å². The zero-order valence-electron chi connectivity index (χ0n) is 6.80. The van der Waals surface area contributed by atoms with E-state index in [9.17, 15) is 4.79 Å². The summed E-state index contributed by atoms with van der Waals surface area (Å²) in [4.78, 5) is 10.9. The quantitative estimate of drug-likeness (QED) is 0.829. The highest BCUT2D eigenvalue weighted by Gasteiger charge is 2.13. The summed E-state index contributed by atoms with van der Waals surface area (Å²) in [5, 5.41) is 0.614. The molecule has 70 valence electrons. The van der Waals surface area contributed by atoms with Gasteiger partial charge in [0.05, 0.1) is 17.7 Å². The van der Waals surface area contributed by atoms with Crippen molar-refractivity contribution in [2.75, 3.05) is 7.11 Å². The molecule has 0 radical (unpaired) electrons. The molecule has 1 amide bonds. The van der Waals surface area contributed by atoms with Crippen LogP contribution in [0, 0.1) is 0 Å². The number of nitrogens with two attached hydrogens (primary N) is 1. The van der Waals surface area contributed by atoms with Gasteiger partial charge in [-0.25, -0.2) is 0 Å². The van der Waals surface area contributed by atoms with Gasteiger partial charge in [-0.3, -0.25) is 4.79 Å². The lowest BCUT2D eigenvalue weighted by atomic mass is 10.2. The molecule has 13 heavy (non-hydrogen) atoms. The molecular weight excluding hydrogens is 213 g/mol. The second kappa shape index (κ2) is 3.85. The molecule has 1 aromatic rings. The fourth-order valence-electron chi connectivity index (χ4n) is 0.951. The van der Waals surface area contributed by atoms with Crippen molar-refractivity contribution >= 4 is 29.1 Å². The number of halogens is 2. The Balaban J connectivity index is 3.38. The average molecular weight is 220 g/mol. The van der Waals surface area contributed by atoms with Crippen LogP contribution in [0.1, 0.15) is 10.4 Å². The molecule has 3 nitrogen and oxygen atoms in total. The molecule has 0 saturated carbocycles. The molecule has 0 unspecified atom stereocenters. The molecule has 0 bridgehead atoms. The van der Waals surface area contributed by atoms with Crippen molar-refractivity contribution in [2.24, 2.45) is 5.73 Å². The number of primary amides is 1. The maximum Gasteiger partial charge on any atom is 0.252 e. The van der Waals surface area contributed by atoms with Gasteiger partial charge in [0.15, 0.2) is 0 Å². The van der Waals surface area contributed by atoms with Gasteiger partial charge >= 0.3 is 0 Å². The number of ether oxygens (including phenoxy) is 1. The predicted molar refractivity (Wildman–Crippen MR) is 51.5 cm³/mol. The molecule has 0 aliphatic heterocycles. The SMILES string of the molecule is COc1c(Cl)cc(Cl)cc1C(N)=O. The summed E-state index contributed by atoms with van der Waals surface area (Å²) in [7, 11) is 1.40. The minimum absolute atomic E-state index is 0.181. The largest absolute Gasteiger partial charge is 0.494 e. The number of rotatable bonds is 2. The molecule has 0 aliphatic rings. The van der Waals surface area contributed by atoms with Gasteiger partial charge < -0.3 is 10.5 Å². The highest BCUT2D eigenvalue weighted by molar-refractivity contribution is 6.36. The third-order valence-corrected chi connectivity index (χ3v) is 1.98. The average Bonchev–Trinajstić information content (AvgIpc) is 2.02. The van der Waals surface area contributed by atoms with Gasteiger partial charge in [-0.15, -0.1) is 0 Å². The van der Waals surface area contributed by atoms with Gasteiger partial charge in [-0.05, 0) is 12.1 Å². The number of amides is 1. The van der Waals surface area contributed by atoms with Crippen LogP contribution in [0.2, 0.25) is 10.0 Å². The molecule has 1 aromatic carbocycles. The van der Waals surface area contributed by atoms with E-state index in [0.29, 0.717) is 5.02 Å². The lowest BCUT2D eigenvalue weighted by molar-refractivity contribution is 0.0997. The molecule has 0 spiro atoms. The van der Waals surface area contributed by atoms with Crippen molar-refractivity contribution in [3.05, 3.63) is 27.7 Å². The van der Waals surface area contributed by atoms with Crippen molar-refractivity contribution in [2.45, 2.75) is 0 Å². The molecule has 2 N–H and O–H groups in total. The lowest BCUT2D eigenvalue weighted by Gasteiger charge is -2.07. The molecule has 0 aromatic heterocycles. The van der Waals surface area contributed by atoms with Crippen molar-refractivity contribution in [1.29, 1.82) is 0 Å². The van der Waals surface area contributed by atoms with E-state index in [-0.39, 0.29) is 16.3 Å². The van der Waals surface area contributed by atoms with Crippen molar-refractivity contribution < 1.29 is 9.53 Å². The number of carbonyl (C=O) groups excluding carboxylic acids is 1. The van der Waals surface area contributed by atoms with Crippen LogP contribution in [0.4, 0.5) is 0 Å². The third kappa shape index (κ3) is 2.05. The van der Waals surface area contributed by atoms with E-state index in [1.807, 2.05) is 0 Å². The number of methoxy groups -OCH3 is 1. The van der Waals surface area contributed by atoms with Crippen molar-refractivity contribution in [3.8, 4) is 5.75 Å². The topological polar surface area (TPSA) is 52.3 Å². The highest BCUT2D eigenvalue weighted by atomic mass is 35.5. The molecule has 0 saturated heterocycles. The summed E-state index contributed by atoms with van der Waals surface area (Å²) >= 11 is 11.4. The molecule has 0 fully saturated rings. The second-order valence-electron chi connectivity index (χ2n) is 2.33. The maximum atomic E-state index is 10.9. The van der Waals surface area contributed by atoms with Gasteiger partial charge in [0.1, 0.15) is 5.75 Å². The van der Waals surface area contributed by atoms with Crippen molar-refractivity contribution in [1.82, 2.24) is 0 Å². The molecule has 0 atom stereocenters. The molecule has 5 heteroatoms. The normalized spacial score (nSPS) is 9.77. The van der Waals surface area contributed by atoms with E-state index in [0.717, 1.165) is 0 Å². The Bertz CT molecular complexity index is 352. The monoisotopic (exact) mass is 219 g/mol. The second-order valence-corrected chi connectivity index (χ2v) is 3.18. The van der Waals surface area contributed by atoms with Crippen LogP contribution in [-0.2, 0) is 0 Å². The van der Waals surface area contributed by atoms with Gasteiger partial charge in [0, 0.05) is 5.02 Å². The third-order valence-electron chi connectivity index (χ3n) is 1.48. The minimum Gasteiger partial charge on any atom is -0.494 e. The minimum atomic E-state index is -0.624. The van der Waals surface area contributed by atoms with Gasteiger partial charge in [0.2, 0.25) is 0 Å². The summed E-state index contributed by atoms with van der Waals surface area (Å²) in [6.07, 6.45) is 0. The van der Waals surface area contributed by atoms with Crippen LogP contribution < -0.4 is 10.5 Å². The Kier molecular flexibility index (Phi) is 3.01. The fourth-order valence-corrected chi connectivity index (χ4v) is 1.52. The number of benzene rings is 1. The van der Waals surface area contributed by atoms with Crippen LogP contribution in [0.3, 0.4) is 0 Å². The zero-order valence-corrected chi connectivity index (χ0v) is 8.32. The van der Waals surface area contributed by atoms with Gasteiger partial charge in [-0.1, -0.05) is 23.2 Å². The summed E-state index contributed by atoms with van der Waals surface area (Å²) < 4.78 is 4.90. The first kappa shape index (κ1) is 10.2. The van der Waals surface area contributed by atoms with E-state index >= 15 is 0 Å². The smallest absolute Gasteiger partial charge is 0.252 e. The van der Waals surface area contributed by atoms with Crippen LogP contribution in [0.5, 0.6) is 5.75 Å². The van der Waals surface area contributed by atoms with E-state index in [2.05, 4.69) is 0 Å². The summed E-state index contributed by atoms with van der Waals surface area (Å²) in [5.41, 5.74) is 5.27. The molecule has 0 aliphatic carbocycles. The first-order valence-corrected chi connectivity index (χ1v) is 4.14. The van der Waals surface area contributed by atoms with Crippen molar-refractivity contribution in [3.63, 3.8) is 0 Å². The van der Waals surface area contributed by atoms with Crippen LogP contribution >= 0.6 is 23.2 Å². The first-order valence-electron chi connectivity index (χ1n) is 3.39. The number of carbonyl (C=O) groups is 1. The van der Waals surface area contributed by atoms with E-state index < -0.39 is 5.91 Å². The Labute approximate surface area is 85.4 Å². The lowest BCUT2D eigenvalue weighted by Crippen LogP contribution is -2.12. The summed E-state index contributed by atoms with van der Waals surface area (Å²) in [6, 6.07) is 2.89. The zero-order chi connectivity index (χ0) is 10.0. The molecule has 1 rings (SSSR count).